The van der Waals surface area contributed by atoms with E-state index in [1.54, 1.807) is 19.1 Å². The first-order valence-electron chi connectivity index (χ1n) is 9.53. The Bertz CT molecular complexity index is 1060. The maximum absolute atomic E-state index is 13.3. The molecule has 8 heteroatoms. The summed E-state index contributed by atoms with van der Waals surface area (Å²) in [5.41, 5.74) is 2.03. The van der Waals surface area contributed by atoms with Crippen LogP contribution in [0.4, 0.5) is 0 Å². The molecule has 5 nitrogen and oxygen atoms in total. The average Bonchev–Trinajstić information content (AvgIpc) is 3.12. The van der Waals surface area contributed by atoms with Gasteiger partial charge in [-0.3, -0.25) is 9.59 Å². The van der Waals surface area contributed by atoms with Crippen LogP contribution in [0.15, 0.2) is 65.1 Å². The lowest BCUT2D eigenvalue weighted by atomic mass is 10.0. The molecule has 0 radical (unpaired) electrons. The van der Waals surface area contributed by atoms with E-state index in [9.17, 15) is 9.59 Å². The minimum Gasteiger partial charge on any atom is -1.00 e. The molecule has 3 aromatic rings. The molecular weight excluding hydrogens is 543 g/mol. The number of nitriles is 1. The maximum Gasteiger partial charge on any atom is 0.310 e. The predicted octanol–water partition coefficient (Wildman–Crippen LogP) is 1.37. The van der Waals surface area contributed by atoms with Crippen molar-refractivity contribution >= 4 is 34.9 Å². The third-order valence-corrected chi connectivity index (χ3v) is 6.72. The van der Waals surface area contributed by atoms with Crippen LogP contribution < -0.4 is 28.5 Å². The normalized spacial score (nSPS) is 10.1. The Labute approximate surface area is 207 Å². The summed E-state index contributed by atoms with van der Waals surface area (Å²) < 4.78 is 8.00. The molecule has 0 N–H and O–H groups in total. The second-order valence-corrected chi connectivity index (χ2v) is 8.65. The molecule has 0 spiro atoms. The van der Waals surface area contributed by atoms with Crippen molar-refractivity contribution < 1.29 is 42.9 Å². The molecule has 0 aliphatic rings. The zero-order valence-corrected chi connectivity index (χ0v) is 20.7. The quantitative estimate of drug-likeness (QED) is 0.0982. The van der Waals surface area contributed by atoms with Crippen LogP contribution in [0, 0.1) is 11.3 Å². The molecule has 0 atom stereocenters. The van der Waals surface area contributed by atoms with Gasteiger partial charge in [0.05, 0.1) is 29.5 Å². The van der Waals surface area contributed by atoms with Gasteiger partial charge in [0.2, 0.25) is 11.5 Å². The summed E-state index contributed by atoms with van der Waals surface area (Å²) >= 11 is 2.90. The number of aromatic nitrogens is 1. The summed E-state index contributed by atoms with van der Waals surface area (Å²) in [5.74, 6) is 0.114. The molecule has 160 valence electrons. The molecule has 1 aromatic carbocycles. The van der Waals surface area contributed by atoms with E-state index in [1.807, 2.05) is 53.4 Å². The van der Waals surface area contributed by atoms with Gasteiger partial charge < -0.3 is 28.7 Å². The minimum atomic E-state index is -0.372. The van der Waals surface area contributed by atoms with E-state index in [4.69, 9.17) is 10.00 Å². The molecule has 2 heterocycles. The van der Waals surface area contributed by atoms with Crippen LogP contribution in [0.25, 0.3) is 5.69 Å². The third-order valence-electron chi connectivity index (χ3n) is 4.24. The standard InChI is InChI=1S/C23H21N2O3S2.HI/c1-2-28-19(26)16-18-20(25-13-7-4-8-14-25)23(29-15-9-12-24)30-22(18)21(27)17-10-5-3-6-11-17;/h3-8,10-11,13-14H,2,9,15-16H2,1H3;1H/q+1;/p-1. The molecule has 0 aliphatic carbocycles. The summed E-state index contributed by atoms with van der Waals surface area (Å²) in [4.78, 5) is 26.2. The largest absolute Gasteiger partial charge is 1.00 e. The number of benzene rings is 1. The number of carbonyl (C=O) groups is 2. The van der Waals surface area contributed by atoms with E-state index >= 15 is 0 Å². The van der Waals surface area contributed by atoms with E-state index in [0.717, 1.165) is 9.90 Å². The Morgan fingerprint density at radius 1 is 1.13 bits per heavy atom. The fourth-order valence-corrected chi connectivity index (χ4v) is 5.45. The van der Waals surface area contributed by atoms with E-state index in [2.05, 4.69) is 6.07 Å². The minimum absolute atomic E-state index is 0. The Balaban J connectivity index is 0.00000341. The van der Waals surface area contributed by atoms with E-state index in [0.29, 0.717) is 28.2 Å². The maximum atomic E-state index is 13.3. The molecule has 0 aliphatic heterocycles. The number of esters is 1. The molecule has 31 heavy (non-hydrogen) atoms. The number of pyridine rings is 1. The number of rotatable bonds is 9. The Kier molecular flexibility index (Phi) is 10.2. The van der Waals surface area contributed by atoms with Gasteiger partial charge in [0, 0.05) is 29.9 Å². The Morgan fingerprint density at radius 2 is 1.81 bits per heavy atom. The Morgan fingerprint density at radius 3 is 2.45 bits per heavy atom. The first kappa shape index (κ1) is 25.0. The predicted molar refractivity (Wildman–Crippen MR) is 117 cm³/mol. The number of thiophene rings is 1. The highest BCUT2D eigenvalue weighted by atomic mass is 127. The van der Waals surface area contributed by atoms with E-state index in [1.165, 1.54) is 23.1 Å². The van der Waals surface area contributed by atoms with Gasteiger partial charge in [-0.15, -0.1) is 23.1 Å². The molecule has 3 rings (SSSR count). The fourth-order valence-electron chi connectivity index (χ4n) is 2.95. The van der Waals surface area contributed by atoms with Crippen molar-refractivity contribution in [2.45, 2.75) is 24.0 Å². The zero-order chi connectivity index (χ0) is 21.3. The number of ether oxygens (including phenoxy) is 1. The van der Waals surface area contributed by atoms with Crippen LogP contribution in [0.2, 0.25) is 0 Å². The van der Waals surface area contributed by atoms with E-state index < -0.39 is 0 Å². The molecule has 0 saturated heterocycles. The van der Waals surface area contributed by atoms with Crippen molar-refractivity contribution in [1.82, 2.24) is 0 Å². The molecule has 0 amide bonds. The van der Waals surface area contributed by atoms with Crippen molar-refractivity contribution in [3.63, 3.8) is 0 Å². The molecule has 0 saturated carbocycles. The van der Waals surface area contributed by atoms with Gasteiger partial charge in [0.1, 0.15) is 4.21 Å². The van der Waals surface area contributed by atoms with Crippen LogP contribution in [-0.2, 0) is 16.0 Å². The van der Waals surface area contributed by atoms with Crippen molar-refractivity contribution in [3.05, 3.63) is 76.9 Å². The van der Waals surface area contributed by atoms with Crippen LogP contribution in [0.5, 0.6) is 0 Å². The number of hydrogen-bond donors (Lipinski definition) is 0. The lowest BCUT2D eigenvalue weighted by molar-refractivity contribution is -0.598. The highest BCUT2D eigenvalue weighted by molar-refractivity contribution is 8.01. The van der Waals surface area contributed by atoms with Crippen LogP contribution in [0.3, 0.4) is 0 Å². The van der Waals surface area contributed by atoms with Gasteiger partial charge in [0.15, 0.2) is 12.4 Å². The SMILES string of the molecule is CCOC(=O)Cc1c(C(=O)c2ccccc2)sc(SCCC#N)c1-[n+]1ccccc1.[I-]. The topological polar surface area (TPSA) is 71.0 Å². The first-order chi connectivity index (χ1) is 14.7. The fraction of sp³-hybridized carbons (Fsp3) is 0.217. The van der Waals surface area contributed by atoms with Crippen LogP contribution in [-0.4, -0.2) is 24.1 Å². The van der Waals surface area contributed by atoms with Crippen molar-refractivity contribution in [2.24, 2.45) is 0 Å². The number of hydrogen-bond acceptors (Lipinski definition) is 6. The molecular formula is C23H21IN2O3S2. The van der Waals surface area contributed by atoms with E-state index in [-0.39, 0.29) is 48.8 Å². The monoisotopic (exact) mass is 564 g/mol. The third kappa shape index (κ3) is 6.38. The van der Waals surface area contributed by atoms with Gasteiger partial charge in [-0.05, 0) is 6.92 Å². The summed E-state index contributed by atoms with van der Waals surface area (Å²) in [7, 11) is 0. The van der Waals surface area contributed by atoms with Gasteiger partial charge in [0.25, 0.3) is 0 Å². The lowest BCUT2D eigenvalue weighted by Gasteiger charge is -2.05. The number of nitrogens with zero attached hydrogens (tertiary/aromatic N) is 2. The van der Waals surface area contributed by atoms with Crippen molar-refractivity contribution in [1.29, 1.82) is 5.26 Å². The molecule has 0 fully saturated rings. The lowest BCUT2D eigenvalue weighted by Crippen LogP contribution is -3.00. The molecule has 0 unspecified atom stereocenters. The van der Waals surface area contributed by atoms with Crippen LogP contribution in [0.1, 0.15) is 34.1 Å². The second kappa shape index (κ2) is 12.6. The first-order valence-corrected chi connectivity index (χ1v) is 11.3. The number of carbonyl (C=O) groups excluding carboxylic acids is 2. The summed E-state index contributed by atoms with van der Waals surface area (Å²) in [5, 5.41) is 8.92. The highest BCUT2D eigenvalue weighted by Gasteiger charge is 2.31. The number of ketones is 1. The Hall–Kier alpha value is -2.22. The average molecular weight is 564 g/mol. The summed E-state index contributed by atoms with van der Waals surface area (Å²) in [6.07, 6.45) is 4.19. The zero-order valence-electron chi connectivity index (χ0n) is 16.9. The van der Waals surface area contributed by atoms with Gasteiger partial charge in [-0.1, -0.05) is 36.4 Å². The van der Waals surface area contributed by atoms with Crippen molar-refractivity contribution in [3.8, 4) is 11.8 Å². The summed E-state index contributed by atoms with van der Waals surface area (Å²) in [6, 6.07) is 16.9. The smallest absolute Gasteiger partial charge is 0.310 e. The number of thioether (sulfide) groups is 1. The highest BCUT2D eigenvalue weighted by Crippen LogP contribution is 2.38. The number of halogens is 1. The molecule has 0 bridgehead atoms. The van der Waals surface area contributed by atoms with Crippen molar-refractivity contribution in [2.75, 3.05) is 12.4 Å². The summed E-state index contributed by atoms with van der Waals surface area (Å²) in [6.45, 7) is 2.04. The van der Waals surface area contributed by atoms with Crippen LogP contribution >= 0.6 is 23.1 Å². The second-order valence-electron chi connectivity index (χ2n) is 6.26. The van der Waals surface area contributed by atoms with Gasteiger partial charge in [-0.25, -0.2) is 0 Å². The van der Waals surface area contributed by atoms with Gasteiger partial charge >= 0.3 is 5.97 Å². The molecule has 2 aromatic heterocycles. The van der Waals surface area contributed by atoms with Gasteiger partial charge in [-0.2, -0.15) is 9.83 Å².